The van der Waals surface area contributed by atoms with Gasteiger partial charge in [0.25, 0.3) is 0 Å². The van der Waals surface area contributed by atoms with Crippen LogP contribution in [-0.2, 0) is 9.84 Å². The van der Waals surface area contributed by atoms with Gasteiger partial charge < -0.3 is 5.21 Å². The SMILES string of the molecule is CC[C@H](/C(=N\O)c1ccccc1C)S(=O)(=O)CC. The summed E-state index contributed by atoms with van der Waals surface area (Å²) in [6.45, 7) is 5.25. The molecule has 1 aromatic carbocycles. The molecule has 0 saturated heterocycles. The first kappa shape index (κ1) is 14.7. The smallest absolute Gasteiger partial charge is 0.158 e. The maximum Gasteiger partial charge on any atom is 0.158 e. The zero-order valence-electron chi connectivity index (χ0n) is 10.9. The number of sulfone groups is 1. The molecule has 0 unspecified atom stereocenters. The van der Waals surface area contributed by atoms with Gasteiger partial charge in [-0.3, -0.25) is 0 Å². The van der Waals surface area contributed by atoms with Crippen molar-refractivity contribution in [2.24, 2.45) is 5.16 Å². The predicted octanol–water partition coefficient (Wildman–Crippen LogP) is 2.39. The van der Waals surface area contributed by atoms with Crippen molar-refractivity contribution in [2.45, 2.75) is 32.4 Å². The standard InChI is InChI=1S/C13H19NO3S/c1-4-12(18(16,17)5-2)13(14-15)11-9-7-6-8-10(11)3/h6-9,12,15H,4-5H2,1-3H3/b14-13-/t12-/m1/s1. The molecule has 1 rings (SSSR count). The lowest BCUT2D eigenvalue weighted by atomic mass is 10.0. The Bertz CT molecular complexity index is 535. The molecule has 0 saturated carbocycles. The highest BCUT2D eigenvalue weighted by Gasteiger charge is 2.29. The minimum atomic E-state index is -3.28. The van der Waals surface area contributed by atoms with Crippen LogP contribution in [0.4, 0.5) is 0 Å². The average molecular weight is 269 g/mol. The molecule has 0 bridgehead atoms. The van der Waals surface area contributed by atoms with Crippen LogP contribution in [0, 0.1) is 6.92 Å². The summed E-state index contributed by atoms with van der Waals surface area (Å²) < 4.78 is 24.0. The van der Waals surface area contributed by atoms with Crippen LogP contribution in [0.25, 0.3) is 0 Å². The molecule has 0 aliphatic rings. The quantitative estimate of drug-likeness (QED) is 0.507. The second kappa shape index (κ2) is 6.00. The fraction of sp³-hybridized carbons (Fsp3) is 0.462. The molecule has 1 aromatic rings. The number of benzene rings is 1. The summed E-state index contributed by atoms with van der Waals surface area (Å²) in [5, 5.41) is 11.7. The van der Waals surface area contributed by atoms with Gasteiger partial charge in [-0.1, -0.05) is 43.3 Å². The van der Waals surface area contributed by atoms with Crippen molar-refractivity contribution in [3.63, 3.8) is 0 Å². The first-order valence-corrected chi connectivity index (χ1v) is 7.69. The fourth-order valence-electron chi connectivity index (χ4n) is 1.97. The first-order chi connectivity index (χ1) is 8.47. The van der Waals surface area contributed by atoms with Crippen molar-refractivity contribution < 1.29 is 13.6 Å². The van der Waals surface area contributed by atoms with Gasteiger partial charge in [-0.2, -0.15) is 0 Å². The highest BCUT2D eigenvalue weighted by atomic mass is 32.2. The zero-order chi connectivity index (χ0) is 13.8. The third kappa shape index (κ3) is 2.90. The summed E-state index contributed by atoms with van der Waals surface area (Å²) in [7, 11) is -3.28. The topological polar surface area (TPSA) is 66.7 Å². The molecule has 0 amide bonds. The molecule has 0 aliphatic carbocycles. The molecule has 18 heavy (non-hydrogen) atoms. The molecule has 1 N–H and O–H groups in total. The van der Waals surface area contributed by atoms with Crippen LogP contribution < -0.4 is 0 Å². The molecule has 1 atom stereocenters. The molecule has 0 aromatic heterocycles. The molecule has 0 fully saturated rings. The Morgan fingerprint density at radius 3 is 2.39 bits per heavy atom. The summed E-state index contributed by atoms with van der Waals surface area (Å²) in [4.78, 5) is 0. The number of nitrogens with zero attached hydrogens (tertiary/aromatic N) is 1. The molecule has 100 valence electrons. The van der Waals surface area contributed by atoms with Crippen LogP contribution in [0.15, 0.2) is 29.4 Å². The van der Waals surface area contributed by atoms with E-state index in [4.69, 9.17) is 0 Å². The number of rotatable bonds is 5. The molecule has 0 heterocycles. The van der Waals surface area contributed by atoms with E-state index in [-0.39, 0.29) is 11.5 Å². The highest BCUT2D eigenvalue weighted by molar-refractivity contribution is 7.92. The van der Waals surface area contributed by atoms with E-state index in [1.165, 1.54) is 0 Å². The molecular weight excluding hydrogens is 250 g/mol. The van der Waals surface area contributed by atoms with E-state index in [0.717, 1.165) is 5.56 Å². The summed E-state index contributed by atoms with van der Waals surface area (Å²) in [5.41, 5.74) is 1.82. The van der Waals surface area contributed by atoms with Gasteiger partial charge in [0.2, 0.25) is 0 Å². The molecule has 5 heteroatoms. The van der Waals surface area contributed by atoms with E-state index in [1.54, 1.807) is 26.0 Å². The second-order valence-electron chi connectivity index (χ2n) is 4.15. The third-order valence-electron chi connectivity index (χ3n) is 3.04. The monoisotopic (exact) mass is 269 g/mol. The van der Waals surface area contributed by atoms with Gasteiger partial charge in [-0.25, -0.2) is 8.42 Å². The lowest BCUT2D eigenvalue weighted by Gasteiger charge is -2.17. The van der Waals surface area contributed by atoms with Gasteiger partial charge >= 0.3 is 0 Å². The van der Waals surface area contributed by atoms with Crippen LogP contribution in [0.5, 0.6) is 0 Å². The Balaban J connectivity index is 3.31. The Labute approximate surface area is 108 Å². The van der Waals surface area contributed by atoms with Gasteiger partial charge in [-0.05, 0) is 18.9 Å². The minimum Gasteiger partial charge on any atom is -0.411 e. The highest BCUT2D eigenvalue weighted by Crippen LogP contribution is 2.18. The Hall–Kier alpha value is -1.36. The largest absolute Gasteiger partial charge is 0.411 e. The van der Waals surface area contributed by atoms with E-state index >= 15 is 0 Å². The third-order valence-corrected chi connectivity index (χ3v) is 5.27. The van der Waals surface area contributed by atoms with Crippen LogP contribution in [0.2, 0.25) is 0 Å². The first-order valence-electron chi connectivity index (χ1n) is 5.97. The van der Waals surface area contributed by atoms with Gasteiger partial charge in [0, 0.05) is 11.3 Å². The molecule has 4 nitrogen and oxygen atoms in total. The maximum atomic E-state index is 12.0. The molecular formula is C13H19NO3S. The number of hydrogen-bond acceptors (Lipinski definition) is 4. The average Bonchev–Trinajstić information content (AvgIpc) is 2.36. The van der Waals surface area contributed by atoms with Gasteiger partial charge in [0.05, 0.1) is 0 Å². The van der Waals surface area contributed by atoms with Crippen LogP contribution in [-0.4, -0.2) is 30.3 Å². The molecule has 0 aliphatic heterocycles. The predicted molar refractivity (Wildman–Crippen MR) is 73.0 cm³/mol. The van der Waals surface area contributed by atoms with E-state index in [2.05, 4.69) is 5.16 Å². The molecule has 0 radical (unpaired) electrons. The molecule has 0 spiro atoms. The van der Waals surface area contributed by atoms with E-state index < -0.39 is 15.1 Å². The van der Waals surface area contributed by atoms with Crippen LogP contribution in [0.1, 0.15) is 31.4 Å². The van der Waals surface area contributed by atoms with Gasteiger partial charge in [0.15, 0.2) is 9.84 Å². The maximum absolute atomic E-state index is 12.0. The van der Waals surface area contributed by atoms with Crippen molar-refractivity contribution in [1.29, 1.82) is 0 Å². The van der Waals surface area contributed by atoms with Crippen molar-refractivity contribution in [1.82, 2.24) is 0 Å². The lowest BCUT2D eigenvalue weighted by Crippen LogP contribution is -2.32. The summed E-state index contributed by atoms with van der Waals surface area (Å²) in [5.74, 6) is 0.0381. The zero-order valence-corrected chi connectivity index (χ0v) is 11.7. The van der Waals surface area contributed by atoms with Crippen molar-refractivity contribution in [2.75, 3.05) is 5.75 Å². The van der Waals surface area contributed by atoms with E-state index in [0.29, 0.717) is 12.0 Å². The number of oxime groups is 1. The Kier molecular flexibility index (Phi) is 4.90. The van der Waals surface area contributed by atoms with Crippen molar-refractivity contribution >= 4 is 15.5 Å². The van der Waals surface area contributed by atoms with Crippen molar-refractivity contribution in [3.8, 4) is 0 Å². The second-order valence-corrected chi connectivity index (χ2v) is 6.62. The Morgan fingerprint density at radius 2 is 1.94 bits per heavy atom. The van der Waals surface area contributed by atoms with Gasteiger partial charge in [0.1, 0.15) is 11.0 Å². The number of aryl methyl sites for hydroxylation is 1. The normalized spacial score (nSPS) is 14.5. The van der Waals surface area contributed by atoms with Crippen molar-refractivity contribution in [3.05, 3.63) is 35.4 Å². The van der Waals surface area contributed by atoms with E-state index in [9.17, 15) is 13.6 Å². The van der Waals surface area contributed by atoms with Crippen LogP contribution in [0.3, 0.4) is 0 Å². The van der Waals surface area contributed by atoms with Gasteiger partial charge in [-0.15, -0.1) is 0 Å². The van der Waals surface area contributed by atoms with E-state index in [1.807, 2.05) is 19.1 Å². The van der Waals surface area contributed by atoms with Crippen LogP contribution >= 0.6 is 0 Å². The summed E-state index contributed by atoms with van der Waals surface area (Å²) in [6.07, 6.45) is 0.393. The Morgan fingerprint density at radius 1 is 1.33 bits per heavy atom. The minimum absolute atomic E-state index is 0.0381. The summed E-state index contributed by atoms with van der Waals surface area (Å²) >= 11 is 0. The summed E-state index contributed by atoms with van der Waals surface area (Å²) in [6, 6.07) is 7.31. The number of hydrogen-bond donors (Lipinski definition) is 1. The fourth-order valence-corrected chi connectivity index (χ4v) is 3.40. The lowest BCUT2D eigenvalue weighted by molar-refractivity contribution is 0.318.